The standard InChI is InChI=1S/C14H19N5O4S/c1-18-6-4-13(17-18)16-14(21)12-7-11(8-15-12)24(22,23)19-5-2-3-10(20)9-19/h4,6-8,10,15,20H,2-3,5,9H2,1H3,(H,16,17,21). The Morgan fingerprint density at radius 2 is 2.29 bits per heavy atom. The maximum atomic E-state index is 12.6. The summed E-state index contributed by atoms with van der Waals surface area (Å²) < 4.78 is 27.9. The van der Waals surface area contributed by atoms with Crippen molar-refractivity contribution < 1.29 is 18.3 Å². The molecule has 0 aliphatic carbocycles. The van der Waals surface area contributed by atoms with Gasteiger partial charge in [-0.1, -0.05) is 0 Å². The second kappa shape index (κ2) is 6.38. The zero-order valence-electron chi connectivity index (χ0n) is 13.1. The van der Waals surface area contributed by atoms with Crippen LogP contribution in [0.4, 0.5) is 5.82 Å². The molecule has 2 aromatic rings. The van der Waals surface area contributed by atoms with Crippen LogP contribution in [0.5, 0.6) is 0 Å². The number of sulfonamides is 1. The molecule has 10 heteroatoms. The predicted molar refractivity (Wildman–Crippen MR) is 86.0 cm³/mol. The highest BCUT2D eigenvalue weighted by Gasteiger charge is 2.30. The number of aliphatic hydroxyl groups is 1. The van der Waals surface area contributed by atoms with E-state index < -0.39 is 22.0 Å². The molecule has 1 fully saturated rings. The number of carbonyl (C=O) groups excluding carboxylic acids is 1. The van der Waals surface area contributed by atoms with Gasteiger partial charge in [0.2, 0.25) is 10.0 Å². The number of anilines is 1. The minimum Gasteiger partial charge on any atom is -0.392 e. The van der Waals surface area contributed by atoms with Gasteiger partial charge in [0.05, 0.1) is 6.10 Å². The highest BCUT2D eigenvalue weighted by atomic mass is 32.2. The summed E-state index contributed by atoms with van der Waals surface area (Å²) in [4.78, 5) is 14.8. The molecule has 0 saturated carbocycles. The first kappa shape index (κ1) is 16.7. The molecule has 130 valence electrons. The van der Waals surface area contributed by atoms with E-state index in [1.54, 1.807) is 24.0 Å². The van der Waals surface area contributed by atoms with Crippen LogP contribution in [-0.4, -0.2) is 57.7 Å². The van der Waals surface area contributed by atoms with E-state index >= 15 is 0 Å². The van der Waals surface area contributed by atoms with Gasteiger partial charge >= 0.3 is 0 Å². The number of amides is 1. The van der Waals surface area contributed by atoms with Gasteiger partial charge in [0.15, 0.2) is 5.82 Å². The van der Waals surface area contributed by atoms with Crippen LogP contribution in [0.3, 0.4) is 0 Å². The number of H-pyrrole nitrogens is 1. The number of carbonyl (C=O) groups is 1. The summed E-state index contributed by atoms with van der Waals surface area (Å²) in [5, 5.41) is 16.3. The van der Waals surface area contributed by atoms with Crippen LogP contribution in [0.1, 0.15) is 23.3 Å². The average Bonchev–Trinajstić information content (AvgIpc) is 3.17. The Labute approximate surface area is 139 Å². The molecular weight excluding hydrogens is 334 g/mol. The maximum Gasteiger partial charge on any atom is 0.273 e. The SMILES string of the molecule is Cn1ccc(NC(=O)c2cc(S(=O)(=O)N3CCCC(O)C3)c[nH]2)n1. The predicted octanol–water partition coefficient (Wildman–Crippen LogP) is 0.146. The molecular formula is C14H19N5O4S. The zero-order valence-corrected chi connectivity index (χ0v) is 14.0. The van der Waals surface area contributed by atoms with E-state index in [0.717, 1.165) is 0 Å². The number of rotatable bonds is 4. The molecule has 1 saturated heterocycles. The summed E-state index contributed by atoms with van der Waals surface area (Å²) in [5.41, 5.74) is 0.122. The molecule has 1 amide bonds. The second-order valence-corrected chi connectivity index (χ2v) is 7.67. The molecule has 0 radical (unpaired) electrons. The number of aliphatic hydroxyl groups excluding tert-OH is 1. The van der Waals surface area contributed by atoms with Crippen molar-refractivity contribution in [3.05, 3.63) is 30.2 Å². The summed E-state index contributed by atoms with van der Waals surface area (Å²) in [6, 6.07) is 2.92. The lowest BCUT2D eigenvalue weighted by Crippen LogP contribution is -2.41. The van der Waals surface area contributed by atoms with Gasteiger partial charge in [-0.25, -0.2) is 8.42 Å². The third-order valence-corrected chi connectivity index (χ3v) is 5.70. The lowest BCUT2D eigenvalue weighted by atomic mass is 10.1. The Balaban J connectivity index is 1.75. The molecule has 0 bridgehead atoms. The number of aryl methyl sites for hydroxylation is 1. The average molecular weight is 353 g/mol. The summed E-state index contributed by atoms with van der Waals surface area (Å²) in [6.07, 6.45) is 3.51. The summed E-state index contributed by atoms with van der Waals surface area (Å²) in [7, 11) is -2.01. The Bertz CT molecular complexity index is 841. The number of β-amino-alcohol motifs (C(OH)–C–C–N with tert-alkyl or cyclic N) is 1. The van der Waals surface area contributed by atoms with Crippen LogP contribution in [0.25, 0.3) is 0 Å². The quantitative estimate of drug-likeness (QED) is 0.722. The van der Waals surface area contributed by atoms with Crippen molar-refractivity contribution in [1.29, 1.82) is 0 Å². The van der Waals surface area contributed by atoms with Crippen LogP contribution < -0.4 is 5.32 Å². The lowest BCUT2D eigenvalue weighted by Gasteiger charge is -2.28. The van der Waals surface area contributed by atoms with Gasteiger partial charge < -0.3 is 15.4 Å². The molecule has 0 spiro atoms. The van der Waals surface area contributed by atoms with Gasteiger partial charge in [0.25, 0.3) is 5.91 Å². The Morgan fingerprint density at radius 3 is 2.96 bits per heavy atom. The van der Waals surface area contributed by atoms with E-state index in [9.17, 15) is 18.3 Å². The van der Waals surface area contributed by atoms with Gasteiger partial charge in [-0.05, 0) is 18.9 Å². The summed E-state index contributed by atoms with van der Waals surface area (Å²) >= 11 is 0. The first-order valence-electron chi connectivity index (χ1n) is 7.54. The number of hydrogen-bond donors (Lipinski definition) is 3. The van der Waals surface area contributed by atoms with E-state index in [2.05, 4.69) is 15.4 Å². The molecule has 24 heavy (non-hydrogen) atoms. The van der Waals surface area contributed by atoms with Gasteiger partial charge in [-0.3, -0.25) is 9.48 Å². The molecule has 1 atom stereocenters. The van der Waals surface area contributed by atoms with Crippen molar-refractivity contribution in [3.8, 4) is 0 Å². The molecule has 3 N–H and O–H groups in total. The number of aromatic nitrogens is 3. The zero-order chi connectivity index (χ0) is 17.3. The van der Waals surface area contributed by atoms with E-state index in [1.807, 2.05) is 0 Å². The van der Waals surface area contributed by atoms with Gasteiger partial charge in [0.1, 0.15) is 10.6 Å². The number of aromatic amines is 1. The molecule has 3 rings (SSSR count). The maximum absolute atomic E-state index is 12.6. The van der Waals surface area contributed by atoms with E-state index in [4.69, 9.17) is 0 Å². The van der Waals surface area contributed by atoms with Crippen molar-refractivity contribution in [2.24, 2.45) is 7.05 Å². The molecule has 0 aromatic carbocycles. The minimum atomic E-state index is -3.73. The Kier molecular flexibility index (Phi) is 4.43. The number of nitrogens with zero attached hydrogens (tertiary/aromatic N) is 3. The first-order valence-corrected chi connectivity index (χ1v) is 8.98. The van der Waals surface area contributed by atoms with Gasteiger partial charge in [0, 0.05) is 38.6 Å². The van der Waals surface area contributed by atoms with Gasteiger partial charge in [-0.15, -0.1) is 0 Å². The molecule has 1 aliphatic heterocycles. The number of hydrogen-bond acceptors (Lipinski definition) is 5. The molecule has 2 aromatic heterocycles. The highest BCUT2D eigenvalue weighted by Crippen LogP contribution is 2.21. The van der Waals surface area contributed by atoms with Crippen molar-refractivity contribution in [3.63, 3.8) is 0 Å². The van der Waals surface area contributed by atoms with Crippen LogP contribution in [-0.2, 0) is 17.1 Å². The fourth-order valence-corrected chi connectivity index (χ4v) is 4.12. The highest BCUT2D eigenvalue weighted by molar-refractivity contribution is 7.89. The Morgan fingerprint density at radius 1 is 1.50 bits per heavy atom. The second-order valence-electron chi connectivity index (χ2n) is 5.74. The molecule has 9 nitrogen and oxygen atoms in total. The topological polar surface area (TPSA) is 120 Å². The normalized spacial score (nSPS) is 19.3. The molecule has 1 aliphatic rings. The number of nitrogens with one attached hydrogen (secondary N) is 2. The largest absolute Gasteiger partial charge is 0.392 e. The fourth-order valence-electron chi connectivity index (χ4n) is 2.61. The van der Waals surface area contributed by atoms with Crippen molar-refractivity contribution >= 4 is 21.7 Å². The first-order chi connectivity index (χ1) is 11.4. The van der Waals surface area contributed by atoms with E-state index in [1.165, 1.54) is 16.6 Å². The van der Waals surface area contributed by atoms with Crippen LogP contribution in [0, 0.1) is 0 Å². The minimum absolute atomic E-state index is 0.00257. The summed E-state index contributed by atoms with van der Waals surface area (Å²) in [6.45, 7) is 0.434. The third-order valence-electron chi connectivity index (χ3n) is 3.85. The molecule has 1 unspecified atom stereocenters. The van der Waals surface area contributed by atoms with Crippen LogP contribution in [0.2, 0.25) is 0 Å². The number of piperidine rings is 1. The van der Waals surface area contributed by atoms with Crippen molar-refractivity contribution in [2.75, 3.05) is 18.4 Å². The fraction of sp³-hybridized carbons (Fsp3) is 0.429. The van der Waals surface area contributed by atoms with Crippen molar-refractivity contribution in [1.82, 2.24) is 19.1 Å². The molecule has 3 heterocycles. The smallest absolute Gasteiger partial charge is 0.273 e. The van der Waals surface area contributed by atoms with Crippen LogP contribution in [0.15, 0.2) is 29.4 Å². The lowest BCUT2D eigenvalue weighted by molar-refractivity contribution is 0.102. The monoisotopic (exact) mass is 353 g/mol. The third kappa shape index (κ3) is 3.35. The van der Waals surface area contributed by atoms with Crippen molar-refractivity contribution in [2.45, 2.75) is 23.8 Å². The van der Waals surface area contributed by atoms with Crippen LogP contribution >= 0.6 is 0 Å². The van der Waals surface area contributed by atoms with Gasteiger partial charge in [-0.2, -0.15) is 9.40 Å². The van der Waals surface area contributed by atoms with E-state index in [-0.39, 0.29) is 17.1 Å². The Hall–Kier alpha value is -2.17. The van der Waals surface area contributed by atoms with E-state index in [0.29, 0.717) is 25.2 Å². The summed E-state index contributed by atoms with van der Waals surface area (Å²) in [5.74, 6) is -0.102.